The number of rotatable bonds is 3. The van der Waals surface area contributed by atoms with Crippen molar-refractivity contribution in [2.75, 3.05) is 0 Å². The molecule has 5 heteroatoms. The Labute approximate surface area is 117 Å². The van der Waals surface area contributed by atoms with Gasteiger partial charge < -0.3 is 0 Å². The maximum absolute atomic E-state index is 12.3. The number of hydrogen-bond donors (Lipinski definition) is 1. The highest BCUT2D eigenvalue weighted by molar-refractivity contribution is 9.10. The zero-order chi connectivity index (χ0) is 13.8. The first-order chi connectivity index (χ1) is 8.09. The monoisotopic (exact) mass is 331 g/mol. The van der Waals surface area contributed by atoms with E-state index in [4.69, 9.17) is 0 Å². The Bertz CT molecular complexity index is 564. The number of nitrogens with one attached hydrogen (secondary N) is 1. The van der Waals surface area contributed by atoms with Crippen molar-refractivity contribution in [3.63, 3.8) is 0 Å². The smallest absolute Gasteiger partial charge is 0.207 e. The second kappa shape index (κ2) is 4.05. The molecule has 0 spiro atoms. The van der Waals surface area contributed by atoms with Crippen LogP contribution in [0.5, 0.6) is 0 Å². The largest absolute Gasteiger partial charge is 0.240 e. The van der Waals surface area contributed by atoms with Gasteiger partial charge in [0.05, 0.1) is 4.90 Å². The Kier molecular flexibility index (Phi) is 3.16. The average molecular weight is 332 g/mol. The third-order valence-electron chi connectivity index (χ3n) is 4.40. The molecular weight excluding hydrogens is 314 g/mol. The molecule has 0 aromatic heterocycles. The van der Waals surface area contributed by atoms with E-state index < -0.39 is 10.0 Å². The van der Waals surface area contributed by atoms with E-state index in [1.165, 1.54) is 0 Å². The quantitative estimate of drug-likeness (QED) is 0.924. The summed E-state index contributed by atoms with van der Waals surface area (Å²) in [6.45, 7) is 8.34. The number of halogens is 1. The van der Waals surface area contributed by atoms with Gasteiger partial charge in [0.15, 0.2) is 0 Å². The van der Waals surface area contributed by atoms with Gasteiger partial charge in [-0.3, -0.25) is 0 Å². The predicted octanol–water partition coefficient (Wildman–Crippen LogP) is 3.16. The van der Waals surface area contributed by atoms with Crippen molar-refractivity contribution in [2.45, 2.75) is 38.6 Å². The Morgan fingerprint density at radius 2 is 1.72 bits per heavy atom. The van der Waals surface area contributed by atoms with E-state index in [0.29, 0.717) is 4.90 Å². The molecule has 0 bridgehead atoms. The van der Waals surface area contributed by atoms with Gasteiger partial charge in [0.25, 0.3) is 0 Å². The summed E-state index contributed by atoms with van der Waals surface area (Å²) in [5.41, 5.74) is -0.0157. The fraction of sp³-hybridized carbons (Fsp3) is 0.538. The molecule has 1 aliphatic rings. The maximum Gasteiger partial charge on any atom is 0.240 e. The molecule has 0 aliphatic heterocycles. The summed E-state index contributed by atoms with van der Waals surface area (Å²) in [7, 11) is -3.44. The lowest BCUT2D eigenvalue weighted by molar-refractivity contribution is 0.457. The molecule has 1 saturated carbocycles. The van der Waals surface area contributed by atoms with E-state index in [1.807, 2.05) is 6.07 Å². The molecule has 1 N–H and O–H groups in total. The molecule has 18 heavy (non-hydrogen) atoms. The van der Waals surface area contributed by atoms with Crippen molar-refractivity contribution < 1.29 is 8.42 Å². The normalized spacial score (nSPS) is 21.8. The fourth-order valence-corrected chi connectivity index (χ4v) is 4.47. The molecule has 0 unspecified atom stereocenters. The topological polar surface area (TPSA) is 46.2 Å². The van der Waals surface area contributed by atoms with Crippen LogP contribution in [0.4, 0.5) is 0 Å². The molecule has 0 amide bonds. The second-order valence-electron chi connectivity index (χ2n) is 5.96. The second-order valence-corrected chi connectivity index (χ2v) is 8.58. The molecule has 0 atom stereocenters. The molecule has 3 nitrogen and oxygen atoms in total. The number of sulfonamides is 1. The van der Waals surface area contributed by atoms with Gasteiger partial charge in [0, 0.05) is 10.5 Å². The van der Waals surface area contributed by atoms with Gasteiger partial charge in [-0.1, -0.05) is 49.7 Å². The van der Waals surface area contributed by atoms with E-state index in [9.17, 15) is 8.42 Å². The highest BCUT2D eigenvalue weighted by atomic mass is 79.9. The first-order valence-electron chi connectivity index (χ1n) is 5.87. The van der Waals surface area contributed by atoms with Crippen LogP contribution in [0.15, 0.2) is 33.6 Å². The van der Waals surface area contributed by atoms with Crippen molar-refractivity contribution in [1.29, 1.82) is 0 Å². The summed E-state index contributed by atoms with van der Waals surface area (Å²) in [6.07, 6.45) is 0. The van der Waals surface area contributed by atoms with E-state index in [-0.39, 0.29) is 16.9 Å². The minimum atomic E-state index is -3.44. The zero-order valence-corrected chi connectivity index (χ0v) is 13.4. The van der Waals surface area contributed by atoms with Crippen LogP contribution < -0.4 is 4.72 Å². The molecule has 1 aliphatic carbocycles. The van der Waals surface area contributed by atoms with Crippen LogP contribution >= 0.6 is 15.9 Å². The number of benzene rings is 1. The van der Waals surface area contributed by atoms with E-state index in [0.717, 1.165) is 4.47 Å². The molecule has 0 saturated heterocycles. The summed E-state index contributed by atoms with van der Waals surface area (Å²) in [4.78, 5) is 0.301. The van der Waals surface area contributed by atoms with Gasteiger partial charge in [-0.05, 0) is 29.0 Å². The molecule has 0 radical (unpaired) electrons. The highest BCUT2D eigenvalue weighted by Gasteiger charge is 2.65. The van der Waals surface area contributed by atoms with Crippen LogP contribution in [0.2, 0.25) is 0 Å². The van der Waals surface area contributed by atoms with Crippen molar-refractivity contribution in [1.82, 2.24) is 4.72 Å². The summed E-state index contributed by atoms with van der Waals surface area (Å²) < 4.78 is 28.1. The van der Waals surface area contributed by atoms with Gasteiger partial charge in [0.1, 0.15) is 0 Å². The highest BCUT2D eigenvalue weighted by Crippen LogP contribution is 2.62. The SMILES string of the molecule is CC1(C)C(NS(=O)(=O)c2cccc(Br)c2)C1(C)C. The van der Waals surface area contributed by atoms with Crippen LogP contribution in [0.25, 0.3) is 0 Å². The lowest BCUT2D eigenvalue weighted by atomic mass is 10.0. The Balaban J connectivity index is 2.25. The van der Waals surface area contributed by atoms with E-state index in [1.54, 1.807) is 18.2 Å². The summed E-state index contributed by atoms with van der Waals surface area (Å²) >= 11 is 3.29. The summed E-state index contributed by atoms with van der Waals surface area (Å²) in [6, 6.07) is 6.74. The summed E-state index contributed by atoms with van der Waals surface area (Å²) in [5.74, 6) is 0. The van der Waals surface area contributed by atoms with Crippen LogP contribution in [0, 0.1) is 10.8 Å². The van der Waals surface area contributed by atoms with Gasteiger partial charge in [-0.15, -0.1) is 0 Å². The third kappa shape index (κ3) is 2.12. The molecule has 0 heterocycles. The van der Waals surface area contributed by atoms with Crippen molar-refractivity contribution in [2.24, 2.45) is 10.8 Å². The molecular formula is C13H18BrNO2S. The molecule has 100 valence electrons. The van der Waals surface area contributed by atoms with Crippen LogP contribution in [0.3, 0.4) is 0 Å². The Morgan fingerprint density at radius 1 is 1.17 bits per heavy atom. The maximum atomic E-state index is 12.3. The standard InChI is InChI=1S/C13H18BrNO2S/c1-12(2)11(13(12,3)4)15-18(16,17)10-7-5-6-9(14)8-10/h5-8,11,15H,1-4H3. The number of hydrogen-bond acceptors (Lipinski definition) is 2. The molecule has 1 fully saturated rings. The van der Waals surface area contributed by atoms with E-state index >= 15 is 0 Å². The fourth-order valence-electron chi connectivity index (χ4n) is 2.35. The minimum absolute atomic E-state index is 0.00785. The Morgan fingerprint density at radius 3 is 2.17 bits per heavy atom. The zero-order valence-electron chi connectivity index (χ0n) is 11.0. The van der Waals surface area contributed by atoms with Crippen LogP contribution in [-0.2, 0) is 10.0 Å². The minimum Gasteiger partial charge on any atom is -0.207 e. The van der Waals surface area contributed by atoms with E-state index in [2.05, 4.69) is 48.3 Å². The van der Waals surface area contributed by atoms with Crippen LogP contribution in [-0.4, -0.2) is 14.5 Å². The van der Waals surface area contributed by atoms with Gasteiger partial charge in [-0.2, -0.15) is 0 Å². The average Bonchev–Trinajstić information content (AvgIpc) is 2.61. The molecule has 2 rings (SSSR count). The molecule has 1 aromatic rings. The van der Waals surface area contributed by atoms with Crippen LogP contribution in [0.1, 0.15) is 27.7 Å². The lowest BCUT2D eigenvalue weighted by Gasteiger charge is -2.08. The van der Waals surface area contributed by atoms with Crippen molar-refractivity contribution in [3.05, 3.63) is 28.7 Å². The van der Waals surface area contributed by atoms with Gasteiger partial charge >= 0.3 is 0 Å². The van der Waals surface area contributed by atoms with Crippen molar-refractivity contribution >= 4 is 26.0 Å². The van der Waals surface area contributed by atoms with Gasteiger partial charge in [-0.25, -0.2) is 13.1 Å². The third-order valence-corrected chi connectivity index (χ3v) is 6.31. The first kappa shape index (κ1) is 14.0. The van der Waals surface area contributed by atoms with Crippen molar-refractivity contribution in [3.8, 4) is 0 Å². The lowest BCUT2D eigenvalue weighted by Crippen LogP contribution is -2.29. The first-order valence-corrected chi connectivity index (χ1v) is 8.14. The predicted molar refractivity (Wildman–Crippen MR) is 75.8 cm³/mol. The molecule has 1 aromatic carbocycles. The Hall–Kier alpha value is -0.390. The van der Waals surface area contributed by atoms with Gasteiger partial charge in [0.2, 0.25) is 10.0 Å². The summed E-state index contributed by atoms with van der Waals surface area (Å²) in [5, 5.41) is 0.